The number of hydrogen-bond acceptors (Lipinski definition) is 6. The molecule has 0 radical (unpaired) electrons. The maximum Gasteiger partial charge on any atom is 0.264 e. The average Bonchev–Trinajstić information content (AvgIpc) is 3.05. The number of carbonyl (C=O) groups is 4. The van der Waals surface area contributed by atoms with E-state index in [1.807, 2.05) is 6.07 Å². The molecule has 1 unspecified atom stereocenters. The fourth-order valence-electron chi connectivity index (χ4n) is 5.21. The van der Waals surface area contributed by atoms with Crippen LogP contribution in [-0.2, 0) is 9.59 Å². The third-order valence-corrected chi connectivity index (χ3v) is 7.27. The van der Waals surface area contributed by atoms with Crippen molar-refractivity contribution in [3.8, 4) is 0 Å². The number of imide groups is 2. The molecule has 1 aromatic carbocycles. The summed E-state index contributed by atoms with van der Waals surface area (Å²) in [6, 6.07) is 4.93. The second-order valence-corrected chi connectivity index (χ2v) is 9.14. The van der Waals surface area contributed by atoms with Crippen molar-refractivity contribution in [3.05, 3.63) is 29.3 Å². The third kappa shape index (κ3) is 4.28. The normalized spacial score (nSPS) is 25.8. The van der Waals surface area contributed by atoms with E-state index < -0.39 is 23.8 Å². The van der Waals surface area contributed by atoms with Crippen molar-refractivity contribution in [1.82, 2.24) is 15.1 Å². The van der Waals surface area contributed by atoms with Gasteiger partial charge in [0.15, 0.2) is 0 Å². The van der Waals surface area contributed by atoms with Crippen molar-refractivity contribution in [2.75, 3.05) is 25.5 Å². The molecule has 1 saturated carbocycles. The van der Waals surface area contributed by atoms with Gasteiger partial charge in [-0.15, -0.1) is 0 Å². The van der Waals surface area contributed by atoms with Crippen LogP contribution in [0.15, 0.2) is 18.2 Å². The Morgan fingerprint density at radius 1 is 1.06 bits per heavy atom. The highest BCUT2D eigenvalue weighted by Gasteiger charge is 2.45. The van der Waals surface area contributed by atoms with Gasteiger partial charge in [0.2, 0.25) is 11.8 Å². The van der Waals surface area contributed by atoms with Crippen molar-refractivity contribution in [2.24, 2.45) is 5.92 Å². The molecule has 32 heavy (non-hydrogen) atoms. The number of anilines is 1. The lowest BCUT2D eigenvalue weighted by Gasteiger charge is -2.34. The van der Waals surface area contributed by atoms with E-state index in [1.54, 1.807) is 12.1 Å². The van der Waals surface area contributed by atoms with Crippen LogP contribution in [0, 0.1) is 5.92 Å². The average molecular weight is 441 g/mol. The summed E-state index contributed by atoms with van der Waals surface area (Å²) in [6.45, 7) is 4.01. The minimum absolute atomic E-state index is 0.116. The molecule has 2 N–H and O–H groups in total. The summed E-state index contributed by atoms with van der Waals surface area (Å²) in [5.74, 6) is -1.24. The molecule has 1 aromatic rings. The minimum Gasteiger partial charge on any atom is -0.384 e. The van der Waals surface area contributed by atoms with Crippen LogP contribution in [0.4, 0.5) is 5.69 Å². The molecule has 8 nitrogen and oxygen atoms in total. The molecule has 2 heterocycles. The molecule has 2 fully saturated rings. The predicted octanol–water partition coefficient (Wildman–Crippen LogP) is 2.40. The Morgan fingerprint density at radius 2 is 1.81 bits per heavy atom. The predicted molar refractivity (Wildman–Crippen MR) is 120 cm³/mol. The molecule has 3 aliphatic rings. The van der Waals surface area contributed by atoms with E-state index in [0.717, 1.165) is 24.4 Å². The lowest BCUT2D eigenvalue weighted by atomic mass is 9.83. The van der Waals surface area contributed by atoms with Gasteiger partial charge in [0, 0.05) is 24.7 Å². The topological polar surface area (TPSA) is 98.8 Å². The van der Waals surface area contributed by atoms with Crippen LogP contribution in [0.2, 0.25) is 0 Å². The van der Waals surface area contributed by atoms with E-state index in [9.17, 15) is 19.2 Å². The van der Waals surface area contributed by atoms with Crippen molar-refractivity contribution in [1.29, 1.82) is 0 Å². The summed E-state index contributed by atoms with van der Waals surface area (Å²) in [7, 11) is 2.19. The molecule has 0 aromatic heterocycles. The van der Waals surface area contributed by atoms with Gasteiger partial charge in [-0.25, -0.2) is 0 Å². The molecule has 172 valence electrons. The Balaban J connectivity index is 1.38. The zero-order chi connectivity index (χ0) is 22.8. The van der Waals surface area contributed by atoms with E-state index in [-0.39, 0.29) is 18.7 Å². The van der Waals surface area contributed by atoms with Crippen molar-refractivity contribution in [2.45, 2.75) is 64.0 Å². The van der Waals surface area contributed by atoms with Gasteiger partial charge in [-0.1, -0.05) is 13.0 Å². The third-order valence-electron chi connectivity index (χ3n) is 7.27. The van der Waals surface area contributed by atoms with E-state index in [0.29, 0.717) is 28.8 Å². The maximum absolute atomic E-state index is 13.1. The first-order valence-corrected chi connectivity index (χ1v) is 11.7. The monoisotopic (exact) mass is 440 g/mol. The smallest absolute Gasteiger partial charge is 0.264 e. The number of nitrogens with one attached hydrogen (secondary N) is 2. The SMILES string of the molecule is CCN(C)[C@H]1CC[C@H](CCNc2cccc3c2C(=O)N(C2CCC(=O)NC2=O)C3=O)CC1. The van der Waals surface area contributed by atoms with Crippen molar-refractivity contribution in [3.63, 3.8) is 0 Å². The summed E-state index contributed by atoms with van der Waals surface area (Å²) >= 11 is 0. The Morgan fingerprint density at radius 3 is 2.50 bits per heavy atom. The van der Waals surface area contributed by atoms with E-state index >= 15 is 0 Å². The maximum atomic E-state index is 13.1. The number of rotatable bonds is 7. The molecule has 1 atom stereocenters. The van der Waals surface area contributed by atoms with Gasteiger partial charge in [0.1, 0.15) is 6.04 Å². The van der Waals surface area contributed by atoms with Crippen LogP contribution < -0.4 is 10.6 Å². The number of amides is 4. The van der Waals surface area contributed by atoms with Crippen LogP contribution in [-0.4, -0.2) is 65.6 Å². The first-order valence-electron chi connectivity index (χ1n) is 11.7. The Kier molecular flexibility index (Phi) is 6.60. The van der Waals surface area contributed by atoms with Crippen LogP contribution in [0.1, 0.15) is 72.6 Å². The van der Waals surface area contributed by atoms with Gasteiger partial charge < -0.3 is 10.2 Å². The van der Waals surface area contributed by atoms with Crippen LogP contribution in [0.25, 0.3) is 0 Å². The second kappa shape index (κ2) is 9.40. The molecule has 0 spiro atoms. The summed E-state index contributed by atoms with van der Waals surface area (Å²) in [6.07, 6.45) is 6.17. The fourth-order valence-corrected chi connectivity index (χ4v) is 5.21. The van der Waals surface area contributed by atoms with Gasteiger partial charge in [-0.3, -0.25) is 29.4 Å². The van der Waals surface area contributed by atoms with Crippen LogP contribution in [0.3, 0.4) is 0 Å². The molecular weight excluding hydrogens is 408 g/mol. The highest BCUT2D eigenvalue weighted by atomic mass is 16.2. The first-order chi connectivity index (χ1) is 15.4. The number of carbonyl (C=O) groups excluding carboxylic acids is 4. The highest BCUT2D eigenvalue weighted by Crippen LogP contribution is 2.33. The quantitative estimate of drug-likeness (QED) is 0.632. The van der Waals surface area contributed by atoms with E-state index in [4.69, 9.17) is 0 Å². The Labute approximate surface area is 188 Å². The number of benzene rings is 1. The van der Waals surface area contributed by atoms with Gasteiger partial charge in [-0.05, 0) is 70.2 Å². The molecule has 2 aliphatic heterocycles. The zero-order valence-electron chi connectivity index (χ0n) is 18.9. The standard InChI is InChI=1S/C24H32N4O4/c1-3-27(2)16-9-7-15(8-10-16)13-14-25-18-6-4-5-17-21(18)24(32)28(23(17)31)19-11-12-20(29)26-22(19)30/h4-6,15-16,19,25H,3,7-14H2,1-2H3,(H,26,29,30)/t15-,16-,19?. The molecular formula is C24H32N4O4. The molecule has 1 aliphatic carbocycles. The van der Waals surface area contributed by atoms with Gasteiger partial charge in [0.05, 0.1) is 11.1 Å². The molecule has 1 saturated heterocycles. The Hall–Kier alpha value is -2.74. The number of nitrogens with zero attached hydrogens (tertiary/aromatic N) is 2. The van der Waals surface area contributed by atoms with Crippen molar-refractivity contribution < 1.29 is 19.2 Å². The Bertz CT molecular complexity index is 923. The first kappa shape index (κ1) is 22.5. The largest absolute Gasteiger partial charge is 0.384 e. The highest BCUT2D eigenvalue weighted by molar-refractivity contribution is 6.25. The van der Waals surface area contributed by atoms with Crippen molar-refractivity contribution >= 4 is 29.3 Å². The number of fused-ring (bicyclic) bond motifs is 1. The number of piperidine rings is 1. The summed E-state index contributed by atoms with van der Waals surface area (Å²) in [5.41, 5.74) is 1.28. The summed E-state index contributed by atoms with van der Waals surface area (Å²) in [4.78, 5) is 53.2. The van der Waals surface area contributed by atoms with Gasteiger partial charge in [0.25, 0.3) is 11.8 Å². The molecule has 8 heteroatoms. The molecule has 4 rings (SSSR count). The van der Waals surface area contributed by atoms with Crippen LogP contribution >= 0.6 is 0 Å². The van der Waals surface area contributed by atoms with Gasteiger partial charge in [-0.2, -0.15) is 0 Å². The molecule has 4 amide bonds. The summed E-state index contributed by atoms with van der Waals surface area (Å²) < 4.78 is 0. The second-order valence-electron chi connectivity index (χ2n) is 9.14. The molecule has 0 bridgehead atoms. The van der Waals surface area contributed by atoms with Crippen LogP contribution in [0.5, 0.6) is 0 Å². The van der Waals surface area contributed by atoms with E-state index in [1.165, 1.54) is 25.7 Å². The zero-order valence-corrected chi connectivity index (χ0v) is 18.9. The lowest BCUT2D eigenvalue weighted by Crippen LogP contribution is -2.54. The van der Waals surface area contributed by atoms with E-state index in [2.05, 4.69) is 29.5 Å². The minimum atomic E-state index is -0.940. The summed E-state index contributed by atoms with van der Waals surface area (Å²) in [5, 5.41) is 5.60. The lowest BCUT2D eigenvalue weighted by molar-refractivity contribution is -0.136. The van der Waals surface area contributed by atoms with Gasteiger partial charge >= 0.3 is 0 Å². The fraction of sp³-hybridized carbons (Fsp3) is 0.583. The number of hydrogen-bond donors (Lipinski definition) is 2.